The van der Waals surface area contributed by atoms with Crippen molar-refractivity contribution in [2.24, 2.45) is 5.92 Å². The molecular weight excluding hydrogens is 651 g/mol. The number of nitrogens with one attached hydrogen (secondary N) is 1. The maximum atomic E-state index is 5.41. The summed E-state index contributed by atoms with van der Waals surface area (Å²) >= 11 is 0. The Bertz CT molecular complexity index is 2430. The normalized spacial score (nSPS) is 11.4. The Morgan fingerprint density at radius 1 is 0.509 bits per heavy atom. The number of aryl methyl sites for hydroxylation is 2. The van der Waals surface area contributed by atoms with Crippen LogP contribution in [0.25, 0.3) is 44.3 Å². The standard InChI is InChI=1S/C46H43N7/c1-5-39-40(6-2)49-44-42(33-24-28-38(29-25-33)53(36-18-12-8-13-19-36)37-20-14-9-15-21-37)46-45(50-52(51-46)30-31(3)4)41(43(44)48-39)32-22-26-35(27-23-32)47-34-16-10-7-11-17-34/h7-29,31,47H,5-6,30H2,1-4H3. The van der Waals surface area contributed by atoms with E-state index < -0.39 is 0 Å². The van der Waals surface area contributed by atoms with Crippen LogP contribution in [0.1, 0.15) is 39.1 Å². The van der Waals surface area contributed by atoms with Crippen LogP contribution in [-0.2, 0) is 19.4 Å². The molecule has 2 aromatic heterocycles. The molecule has 2 heterocycles. The summed E-state index contributed by atoms with van der Waals surface area (Å²) in [6.45, 7) is 9.40. The van der Waals surface area contributed by atoms with Gasteiger partial charge in [-0.1, -0.05) is 107 Å². The monoisotopic (exact) mass is 693 g/mol. The lowest BCUT2D eigenvalue weighted by molar-refractivity contribution is 0.442. The van der Waals surface area contributed by atoms with Crippen LogP contribution in [0.5, 0.6) is 0 Å². The van der Waals surface area contributed by atoms with E-state index in [9.17, 15) is 0 Å². The summed E-state index contributed by atoms with van der Waals surface area (Å²) < 4.78 is 0. The number of hydrogen-bond donors (Lipinski definition) is 1. The predicted octanol–water partition coefficient (Wildman–Crippen LogP) is 11.7. The van der Waals surface area contributed by atoms with Crippen molar-refractivity contribution in [2.45, 2.75) is 47.1 Å². The van der Waals surface area contributed by atoms with Gasteiger partial charge < -0.3 is 10.2 Å². The number of benzene rings is 6. The van der Waals surface area contributed by atoms with Crippen molar-refractivity contribution in [1.82, 2.24) is 25.0 Å². The molecule has 0 amide bonds. The molecular formula is C46H43N7. The van der Waals surface area contributed by atoms with E-state index in [4.69, 9.17) is 20.2 Å². The maximum Gasteiger partial charge on any atom is 0.124 e. The predicted molar refractivity (Wildman–Crippen MR) is 219 cm³/mol. The van der Waals surface area contributed by atoms with Crippen molar-refractivity contribution < 1.29 is 0 Å². The summed E-state index contributed by atoms with van der Waals surface area (Å²) in [6, 6.07) is 48.5. The third kappa shape index (κ3) is 6.74. The van der Waals surface area contributed by atoms with E-state index in [1.165, 1.54) is 0 Å². The van der Waals surface area contributed by atoms with Crippen LogP contribution < -0.4 is 10.2 Å². The first-order valence-corrected chi connectivity index (χ1v) is 18.5. The van der Waals surface area contributed by atoms with Crippen LogP contribution in [0.4, 0.5) is 28.4 Å². The van der Waals surface area contributed by atoms with Crippen LogP contribution in [0.3, 0.4) is 0 Å². The SMILES string of the molecule is CCc1nc2c(-c3ccc(Nc4ccccc4)cc3)c3nn(CC(C)C)nc3c(-c3ccc(N(c4ccccc4)c4ccccc4)cc3)c2nc1CC. The summed E-state index contributed by atoms with van der Waals surface area (Å²) in [7, 11) is 0. The molecule has 0 fully saturated rings. The van der Waals surface area contributed by atoms with Crippen molar-refractivity contribution in [3.8, 4) is 22.3 Å². The van der Waals surface area contributed by atoms with Crippen LogP contribution in [0.2, 0.25) is 0 Å². The second-order valence-electron chi connectivity index (χ2n) is 13.7. The van der Waals surface area contributed by atoms with Crippen molar-refractivity contribution in [1.29, 1.82) is 0 Å². The van der Waals surface area contributed by atoms with Gasteiger partial charge in [0.25, 0.3) is 0 Å². The topological polar surface area (TPSA) is 71.8 Å². The maximum absolute atomic E-state index is 5.41. The van der Waals surface area contributed by atoms with E-state index in [1.807, 2.05) is 35.1 Å². The fraction of sp³-hybridized carbons (Fsp3) is 0.174. The van der Waals surface area contributed by atoms with Gasteiger partial charge in [-0.05, 0) is 90.6 Å². The molecule has 0 saturated carbocycles. The number of fused-ring (bicyclic) bond motifs is 2. The lowest BCUT2D eigenvalue weighted by Crippen LogP contribution is -2.09. The highest BCUT2D eigenvalue weighted by Crippen LogP contribution is 2.43. The van der Waals surface area contributed by atoms with Gasteiger partial charge in [0.05, 0.1) is 29.0 Å². The zero-order chi connectivity index (χ0) is 36.3. The molecule has 0 unspecified atom stereocenters. The van der Waals surface area contributed by atoms with Crippen molar-refractivity contribution >= 4 is 50.5 Å². The first-order valence-electron chi connectivity index (χ1n) is 18.5. The minimum absolute atomic E-state index is 0.373. The molecule has 0 atom stereocenters. The Balaban J connectivity index is 1.33. The lowest BCUT2D eigenvalue weighted by atomic mass is 9.94. The Kier molecular flexibility index (Phi) is 9.38. The fourth-order valence-electron chi connectivity index (χ4n) is 7.07. The van der Waals surface area contributed by atoms with Gasteiger partial charge in [0, 0.05) is 39.6 Å². The molecule has 0 saturated heterocycles. The lowest BCUT2D eigenvalue weighted by Gasteiger charge is -2.25. The first-order chi connectivity index (χ1) is 26.0. The third-order valence-corrected chi connectivity index (χ3v) is 9.53. The molecule has 8 aromatic rings. The van der Waals surface area contributed by atoms with Gasteiger partial charge in [0.15, 0.2) is 0 Å². The molecule has 0 aliphatic rings. The minimum atomic E-state index is 0.373. The van der Waals surface area contributed by atoms with E-state index in [0.717, 1.165) is 97.0 Å². The first kappa shape index (κ1) is 33.8. The van der Waals surface area contributed by atoms with E-state index in [-0.39, 0.29) is 0 Å². The third-order valence-electron chi connectivity index (χ3n) is 9.53. The van der Waals surface area contributed by atoms with Gasteiger partial charge in [-0.25, -0.2) is 9.97 Å². The molecule has 1 N–H and O–H groups in total. The fourth-order valence-corrected chi connectivity index (χ4v) is 7.07. The molecule has 0 aliphatic heterocycles. The molecule has 0 radical (unpaired) electrons. The van der Waals surface area contributed by atoms with E-state index >= 15 is 0 Å². The molecule has 53 heavy (non-hydrogen) atoms. The summed E-state index contributed by atoms with van der Waals surface area (Å²) in [4.78, 5) is 14.9. The molecule has 7 heteroatoms. The van der Waals surface area contributed by atoms with E-state index in [1.54, 1.807) is 0 Å². The van der Waals surface area contributed by atoms with Gasteiger partial charge in [-0.2, -0.15) is 15.0 Å². The molecule has 0 spiro atoms. The quantitative estimate of drug-likeness (QED) is 0.145. The van der Waals surface area contributed by atoms with Crippen molar-refractivity contribution in [3.05, 3.63) is 151 Å². The van der Waals surface area contributed by atoms with Gasteiger partial charge in [-0.3, -0.25) is 0 Å². The van der Waals surface area contributed by atoms with E-state index in [0.29, 0.717) is 12.5 Å². The minimum Gasteiger partial charge on any atom is -0.356 e. The smallest absolute Gasteiger partial charge is 0.124 e. The number of anilines is 5. The molecule has 6 aromatic carbocycles. The highest BCUT2D eigenvalue weighted by molar-refractivity contribution is 6.16. The number of nitrogens with zero attached hydrogens (tertiary/aromatic N) is 6. The second-order valence-corrected chi connectivity index (χ2v) is 13.7. The molecule has 0 aliphatic carbocycles. The number of aromatic nitrogens is 5. The summed E-state index contributed by atoms with van der Waals surface area (Å²) in [6.07, 6.45) is 1.59. The number of rotatable bonds is 11. The zero-order valence-corrected chi connectivity index (χ0v) is 30.7. The molecule has 0 bridgehead atoms. The second kappa shape index (κ2) is 14.7. The van der Waals surface area contributed by atoms with Crippen LogP contribution >= 0.6 is 0 Å². The zero-order valence-electron chi connectivity index (χ0n) is 30.7. The number of hydrogen-bond acceptors (Lipinski definition) is 6. The largest absolute Gasteiger partial charge is 0.356 e. The molecule has 262 valence electrons. The number of para-hydroxylation sites is 3. The highest BCUT2D eigenvalue weighted by atomic mass is 15.5. The van der Waals surface area contributed by atoms with Crippen LogP contribution in [0.15, 0.2) is 140 Å². The average Bonchev–Trinajstić information content (AvgIpc) is 3.60. The molecule has 8 rings (SSSR count). The van der Waals surface area contributed by atoms with Crippen LogP contribution in [-0.4, -0.2) is 25.0 Å². The van der Waals surface area contributed by atoms with Crippen molar-refractivity contribution in [3.63, 3.8) is 0 Å². The van der Waals surface area contributed by atoms with Crippen LogP contribution in [0, 0.1) is 5.92 Å². The van der Waals surface area contributed by atoms with Gasteiger partial charge in [-0.15, -0.1) is 0 Å². The Morgan fingerprint density at radius 2 is 0.925 bits per heavy atom. The van der Waals surface area contributed by atoms with Gasteiger partial charge in [0.1, 0.15) is 11.0 Å². The highest BCUT2D eigenvalue weighted by Gasteiger charge is 2.25. The molecule has 7 nitrogen and oxygen atoms in total. The van der Waals surface area contributed by atoms with E-state index in [2.05, 4.69) is 147 Å². The Labute approximate surface area is 311 Å². The van der Waals surface area contributed by atoms with Gasteiger partial charge in [0.2, 0.25) is 0 Å². The average molecular weight is 694 g/mol. The van der Waals surface area contributed by atoms with Gasteiger partial charge >= 0.3 is 0 Å². The Morgan fingerprint density at radius 3 is 1.38 bits per heavy atom. The Hall–Kier alpha value is -6.34. The summed E-state index contributed by atoms with van der Waals surface area (Å²) in [5.74, 6) is 0.373. The summed E-state index contributed by atoms with van der Waals surface area (Å²) in [5.41, 5.74) is 14.6. The van der Waals surface area contributed by atoms with Crippen molar-refractivity contribution in [2.75, 3.05) is 10.2 Å². The summed E-state index contributed by atoms with van der Waals surface area (Å²) in [5, 5.41) is 13.9.